The van der Waals surface area contributed by atoms with Crippen molar-refractivity contribution in [1.82, 2.24) is 5.32 Å². The van der Waals surface area contributed by atoms with Crippen LogP contribution in [0.1, 0.15) is 5.56 Å². The summed E-state index contributed by atoms with van der Waals surface area (Å²) in [5.74, 6) is -3.05. The summed E-state index contributed by atoms with van der Waals surface area (Å²) in [4.78, 5) is 0. The zero-order valence-corrected chi connectivity index (χ0v) is 9.94. The molecule has 0 bridgehead atoms. The maximum absolute atomic E-state index is 12.8. The molecule has 5 heteroatoms. The minimum absolute atomic E-state index is 0.388. The summed E-state index contributed by atoms with van der Waals surface area (Å²) in [6.45, 7) is -1.24. The highest BCUT2D eigenvalue weighted by Crippen LogP contribution is 2.25. The minimum atomic E-state index is -3.05. The highest BCUT2D eigenvalue weighted by molar-refractivity contribution is 7.17. The van der Waals surface area contributed by atoms with E-state index in [-0.39, 0.29) is 0 Å². The van der Waals surface area contributed by atoms with Gasteiger partial charge in [-0.25, -0.2) is 8.78 Å². The molecule has 17 heavy (non-hydrogen) atoms. The molecule has 0 saturated carbocycles. The van der Waals surface area contributed by atoms with Gasteiger partial charge in [-0.15, -0.1) is 11.3 Å². The smallest absolute Gasteiger partial charge is 0.282 e. The molecule has 2 rings (SSSR count). The van der Waals surface area contributed by atoms with Crippen LogP contribution in [0.3, 0.4) is 0 Å². The van der Waals surface area contributed by atoms with Crippen LogP contribution in [0.25, 0.3) is 10.1 Å². The van der Waals surface area contributed by atoms with E-state index in [1.165, 1.54) is 0 Å². The Morgan fingerprint density at radius 1 is 1.29 bits per heavy atom. The first-order valence-corrected chi connectivity index (χ1v) is 6.15. The second-order valence-corrected chi connectivity index (χ2v) is 4.79. The highest BCUT2D eigenvalue weighted by atomic mass is 32.1. The largest absolute Gasteiger partial charge is 0.390 e. The molecule has 0 unspecified atom stereocenters. The number of halogens is 2. The van der Waals surface area contributed by atoms with Gasteiger partial charge in [0.2, 0.25) is 0 Å². The monoisotopic (exact) mass is 257 g/mol. The van der Waals surface area contributed by atoms with Crippen molar-refractivity contribution in [3.05, 3.63) is 35.2 Å². The molecule has 2 aromatic rings. The Balaban J connectivity index is 2.00. The summed E-state index contributed by atoms with van der Waals surface area (Å²) in [7, 11) is 0. The van der Waals surface area contributed by atoms with Crippen LogP contribution in [0.4, 0.5) is 8.78 Å². The van der Waals surface area contributed by atoms with Crippen molar-refractivity contribution < 1.29 is 13.9 Å². The van der Waals surface area contributed by atoms with Crippen LogP contribution < -0.4 is 5.32 Å². The lowest BCUT2D eigenvalue weighted by Gasteiger charge is -2.13. The minimum Gasteiger partial charge on any atom is -0.390 e. The number of aliphatic hydroxyl groups is 1. The van der Waals surface area contributed by atoms with Gasteiger partial charge in [0, 0.05) is 11.2 Å². The van der Waals surface area contributed by atoms with Gasteiger partial charge >= 0.3 is 0 Å². The Labute approximate surface area is 102 Å². The second kappa shape index (κ2) is 5.08. The number of thiophene rings is 1. The molecule has 0 saturated heterocycles. The molecule has 0 aliphatic heterocycles. The Hall–Kier alpha value is -1.04. The van der Waals surface area contributed by atoms with Crippen LogP contribution in [0.15, 0.2) is 29.6 Å². The molecule has 0 fully saturated rings. The Kier molecular flexibility index (Phi) is 3.71. The van der Waals surface area contributed by atoms with E-state index >= 15 is 0 Å². The summed E-state index contributed by atoms with van der Waals surface area (Å²) >= 11 is 1.60. The lowest BCUT2D eigenvalue weighted by atomic mass is 10.2. The Morgan fingerprint density at radius 2 is 2.06 bits per heavy atom. The quantitative estimate of drug-likeness (QED) is 0.863. The van der Waals surface area contributed by atoms with Gasteiger partial charge in [-0.3, -0.25) is 0 Å². The van der Waals surface area contributed by atoms with Gasteiger partial charge in [0.05, 0.1) is 6.54 Å². The molecule has 0 radical (unpaired) electrons. The van der Waals surface area contributed by atoms with E-state index < -0.39 is 19.1 Å². The fourth-order valence-corrected chi connectivity index (χ4v) is 2.57. The van der Waals surface area contributed by atoms with Gasteiger partial charge in [0.15, 0.2) is 0 Å². The number of benzene rings is 1. The molecular formula is C12H13F2NOS. The molecule has 0 aliphatic rings. The predicted octanol–water partition coefficient (Wildman–Crippen LogP) is 2.62. The molecule has 1 aromatic carbocycles. The van der Waals surface area contributed by atoms with Crippen molar-refractivity contribution in [3.63, 3.8) is 0 Å². The fourth-order valence-electron chi connectivity index (χ4n) is 1.61. The van der Waals surface area contributed by atoms with Crippen LogP contribution >= 0.6 is 11.3 Å². The third kappa shape index (κ3) is 3.00. The molecule has 2 N–H and O–H groups in total. The van der Waals surface area contributed by atoms with Gasteiger partial charge < -0.3 is 10.4 Å². The number of fused-ring (bicyclic) bond motifs is 1. The van der Waals surface area contributed by atoms with E-state index in [0.717, 1.165) is 15.6 Å². The lowest BCUT2D eigenvalue weighted by Crippen LogP contribution is -2.35. The maximum atomic E-state index is 12.8. The SMILES string of the molecule is OCC(F)(F)CNCc1csc2ccccc12. The summed E-state index contributed by atoms with van der Waals surface area (Å²) in [5, 5.41) is 14.2. The fraction of sp³-hybridized carbons (Fsp3) is 0.333. The standard InChI is InChI=1S/C12H13F2NOS/c13-12(14,8-16)7-15-5-9-6-17-11-4-2-1-3-10(9)11/h1-4,6,15-16H,5,7-8H2. The molecule has 1 aromatic heterocycles. The summed E-state index contributed by atoms with van der Waals surface area (Å²) in [5.41, 5.74) is 1.01. The van der Waals surface area contributed by atoms with Crippen LogP contribution in [0, 0.1) is 0 Å². The first kappa shape index (κ1) is 12.4. The number of aliphatic hydroxyl groups excluding tert-OH is 1. The number of rotatable bonds is 5. The Morgan fingerprint density at radius 3 is 2.82 bits per heavy atom. The molecule has 92 valence electrons. The van der Waals surface area contributed by atoms with E-state index in [4.69, 9.17) is 5.11 Å². The molecule has 0 aliphatic carbocycles. The van der Waals surface area contributed by atoms with Gasteiger partial charge in [-0.05, 0) is 22.4 Å². The van der Waals surface area contributed by atoms with E-state index in [1.807, 2.05) is 29.6 Å². The molecule has 1 heterocycles. The van der Waals surface area contributed by atoms with E-state index in [9.17, 15) is 8.78 Å². The first-order chi connectivity index (χ1) is 8.12. The number of hydrogen-bond donors (Lipinski definition) is 2. The van der Waals surface area contributed by atoms with Crippen LogP contribution in [0.5, 0.6) is 0 Å². The van der Waals surface area contributed by atoms with Gasteiger partial charge in [0.25, 0.3) is 5.92 Å². The highest BCUT2D eigenvalue weighted by Gasteiger charge is 2.26. The average molecular weight is 257 g/mol. The van der Waals surface area contributed by atoms with E-state index in [2.05, 4.69) is 5.32 Å². The zero-order chi connectivity index (χ0) is 12.3. The van der Waals surface area contributed by atoms with Gasteiger partial charge in [-0.2, -0.15) is 0 Å². The van der Waals surface area contributed by atoms with Crippen molar-refractivity contribution in [1.29, 1.82) is 0 Å². The summed E-state index contributed by atoms with van der Waals surface area (Å²) in [6, 6.07) is 7.87. The average Bonchev–Trinajstić information content (AvgIpc) is 2.73. The van der Waals surface area contributed by atoms with E-state index in [1.54, 1.807) is 11.3 Å². The molecule has 0 atom stereocenters. The lowest BCUT2D eigenvalue weighted by molar-refractivity contribution is -0.0477. The van der Waals surface area contributed by atoms with Gasteiger partial charge in [0.1, 0.15) is 6.61 Å². The number of nitrogens with one attached hydrogen (secondary N) is 1. The third-order valence-corrected chi connectivity index (χ3v) is 3.50. The topological polar surface area (TPSA) is 32.3 Å². The second-order valence-electron chi connectivity index (χ2n) is 3.87. The first-order valence-electron chi connectivity index (χ1n) is 5.27. The normalized spacial score (nSPS) is 12.2. The van der Waals surface area contributed by atoms with Crippen LogP contribution in [-0.4, -0.2) is 24.2 Å². The maximum Gasteiger partial charge on any atom is 0.282 e. The summed E-state index contributed by atoms with van der Waals surface area (Å²) in [6.07, 6.45) is 0. The van der Waals surface area contributed by atoms with Crippen molar-refractivity contribution >= 4 is 21.4 Å². The molecular weight excluding hydrogens is 244 g/mol. The van der Waals surface area contributed by atoms with Crippen LogP contribution in [0.2, 0.25) is 0 Å². The van der Waals surface area contributed by atoms with Crippen LogP contribution in [-0.2, 0) is 6.54 Å². The summed E-state index contributed by atoms with van der Waals surface area (Å²) < 4.78 is 26.7. The number of hydrogen-bond acceptors (Lipinski definition) is 3. The molecule has 0 spiro atoms. The zero-order valence-electron chi connectivity index (χ0n) is 9.12. The van der Waals surface area contributed by atoms with Crippen molar-refractivity contribution in [2.75, 3.05) is 13.2 Å². The number of alkyl halides is 2. The third-order valence-electron chi connectivity index (χ3n) is 2.49. The Bertz CT molecular complexity index is 498. The van der Waals surface area contributed by atoms with Crippen molar-refractivity contribution in [2.45, 2.75) is 12.5 Å². The van der Waals surface area contributed by atoms with Gasteiger partial charge in [-0.1, -0.05) is 18.2 Å². The van der Waals surface area contributed by atoms with Crippen molar-refractivity contribution in [2.24, 2.45) is 0 Å². The van der Waals surface area contributed by atoms with Crippen molar-refractivity contribution in [3.8, 4) is 0 Å². The van der Waals surface area contributed by atoms with E-state index in [0.29, 0.717) is 6.54 Å². The molecule has 2 nitrogen and oxygen atoms in total. The predicted molar refractivity (Wildman–Crippen MR) is 65.6 cm³/mol. The molecule has 0 amide bonds.